The molecule has 1 N–H and O–H groups in total. The number of carbonyl (C=O) groups is 2. The highest BCUT2D eigenvalue weighted by Gasteiger charge is 2.68. The number of halogens is 3. The Hall–Kier alpha value is -1.47. The van der Waals surface area contributed by atoms with E-state index in [2.05, 4.69) is 0 Å². The van der Waals surface area contributed by atoms with E-state index in [0.717, 1.165) is 4.90 Å². The van der Waals surface area contributed by atoms with Crippen molar-refractivity contribution in [2.45, 2.75) is 39.5 Å². The van der Waals surface area contributed by atoms with Gasteiger partial charge in [-0.25, -0.2) is 4.79 Å². The summed E-state index contributed by atoms with van der Waals surface area (Å²) in [7, 11) is 0. The number of alkyl halides is 3. The number of carboxylic acid groups (broad SMARTS) is 1. The van der Waals surface area contributed by atoms with Crippen molar-refractivity contribution in [2.24, 2.45) is 11.3 Å². The van der Waals surface area contributed by atoms with Crippen molar-refractivity contribution in [1.29, 1.82) is 0 Å². The van der Waals surface area contributed by atoms with Crippen LogP contribution in [0.3, 0.4) is 0 Å². The topological polar surface area (TPSA) is 66.8 Å². The van der Waals surface area contributed by atoms with E-state index >= 15 is 0 Å². The molecule has 1 rings (SSSR count). The van der Waals surface area contributed by atoms with Gasteiger partial charge in [0.25, 0.3) is 0 Å². The predicted octanol–water partition coefficient (Wildman–Crippen LogP) is 2.51. The van der Waals surface area contributed by atoms with Crippen LogP contribution in [0.2, 0.25) is 0 Å². The molecule has 5 nitrogen and oxygen atoms in total. The fourth-order valence-corrected chi connectivity index (χ4v) is 2.24. The summed E-state index contributed by atoms with van der Waals surface area (Å²) in [5.41, 5.74) is -3.79. The fraction of sp³-hybridized carbons (Fsp3) is 0.833. The summed E-state index contributed by atoms with van der Waals surface area (Å²) >= 11 is 0. The maximum Gasteiger partial charge on any atom is 0.410 e. The Morgan fingerprint density at radius 1 is 1.30 bits per heavy atom. The molecule has 0 aromatic carbocycles. The molecule has 0 saturated carbocycles. The molecule has 1 amide bonds. The summed E-state index contributed by atoms with van der Waals surface area (Å²) < 4.78 is 44.4. The molecule has 0 aromatic rings. The molecule has 8 heteroatoms. The third-order valence-electron chi connectivity index (χ3n) is 3.31. The molecule has 1 aliphatic heterocycles. The molecule has 0 aromatic heterocycles. The zero-order valence-corrected chi connectivity index (χ0v) is 11.7. The minimum absolute atomic E-state index is 0.305. The van der Waals surface area contributed by atoms with Crippen LogP contribution in [0.4, 0.5) is 18.0 Å². The summed E-state index contributed by atoms with van der Waals surface area (Å²) in [6.45, 7) is 4.68. The van der Waals surface area contributed by atoms with E-state index in [1.54, 1.807) is 20.8 Å². The monoisotopic (exact) mass is 297 g/mol. The van der Waals surface area contributed by atoms with Gasteiger partial charge in [-0.15, -0.1) is 0 Å². The molecule has 20 heavy (non-hydrogen) atoms. The zero-order valence-electron chi connectivity index (χ0n) is 11.7. The molecule has 0 bridgehead atoms. The van der Waals surface area contributed by atoms with Gasteiger partial charge in [-0.1, -0.05) is 6.92 Å². The van der Waals surface area contributed by atoms with Crippen LogP contribution < -0.4 is 0 Å². The van der Waals surface area contributed by atoms with E-state index in [0.29, 0.717) is 0 Å². The number of hydrogen-bond acceptors (Lipinski definition) is 3. The van der Waals surface area contributed by atoms with Crippen LogP contribution >= 0.6 is 0 Å². The third kappa shape index (κ3) is 2.83. The van der Waals surface area contributed by atoms with Crippen molar-refractivity contribution in [3.05, 3.63) is 0 Å². The van der Waals surface area contributed by atoms with Crippen molar-refractivity contribution in [1.82, 2.24) is 4.90 Å². The molecule has 1 saturated heterocycles. The SMILES string of the molecule is C[C@@H]1CN(C(=O)OC(C)(C)C)C[C@]1(C(=O)O)C(F)(F)F. The van der Waals surface area contributed by atoms with Gasteiger partial charge in [0.1, 0.15) is 5.60 Å². The number of carboxylic acids is 1. The maximum absolute atomic E-state index is 13.1. The lowest BCUT2D eigenvalue weighted by atomic mass is 9.78. The Labute approximate surface area is 114 Å². The average molecular weight is 297 g/mol. The van der Waals surface area contributed by atoms with Gasteiger partial charge in [-0.2, -0.15) is 13.2 Å². The number of hydrogen-bond donors (Lipinski definition) is 1. The molecule has 1 fully saturated rings. The van der Waals surface area contributed by atoms with Gasteiger partial charge in [-0.05, 0) is 20.8 Å². The van der Waals surface area contributed by atoms with Crippen molar-refractivity contribution in [3.8, 4) is 0 Å². The van der Waals surface area contributed by atoms with Gasteiger partial charge in [0, 0.05) is 19.0 Å². The quantitative estimate of drug-likeness (QED) is 0.807. The smallest absolute Gasteiger partial charge is 0.410 e. The standard InChI is InChI=1S/C12H18F3NO4/c1-7-5-16(9(19)20-10(2,3)4)6-11(7,8(17)18)12(13,14)15/h7H,5-6H2,1-4H3,(H,17,18)/t7-,11+/m1/s1. The summed E-state index contributed by atoms with van der Waals surface area (Å²) in [5, 5.41) is 9.00. The van der Waals surface area contributed by atoms with Gasteiger partial charge >= 0.3 is 18.2 Å². The minimum Gasteiger partial charge on any atom is -0.481 e. The number of aliphatic carboxylic acids is 1. The van der Waals surface area contributed by atoms with E-state index < -0.39 is 41.7 Å². The number of likely N-dealkylation sites (tertiary alicyclic amines) is 1. The normalized spacial score (nSPS) is 27.6. The Morgan fingerprint density at radius 2 is 1.80 bits per heavy atom. The third-order valence-corrected chi connectivity index (χ3v) is 3.31. The van der Waals surface area contributed by atoms with Crippen molar-refractivity contribution < 1.29 is 32.6 Å². The maximum atomic E-state index is 13.1. The van der Waals surface area contributed by atoms with Crippen LogP contribution in [0.25, 0.3) is 0 Å². The molecule has 116 valence electrons. The fourth-order valence-electron chi connectivity index (χ4n) is 2.24. The number of amides is 1. The Morgan fingerprint density at radius 3 is 2.10 bits per heavy atom. The first-order valence-electron chi connectivity index (χ1n) is 6.09. The highest BCUT2D eigenvalue weighted by Crippen LogP contribution is 2.49. The Kier molecular flexibility index (Phi) is 4.00. The van der Waals surface area contributed by atoms with Gasteiger partial charge in [-0.3, -0.25) is 4.79 Å². The van der Waals surface area contributed by atoms with Crippen LogP contribution in [-0.4, -0.2) is 46.9 Å². The summed E-state index contributed by atoms with van der Waals surface area (Å²) in [6.07, 6.45) is -5.87. The van der Waals surface area contributed by atoms with Crippen LogP contribution in [0, 0.1) is 11.3 Å². The largest absolute Gasteiger partial charge is 0.481 e. The van der Waals surface area contributed by atoms with Gasteiger partial charge < -0.3 is 14.7 Å². The lowest BCUT2D eigenvalue weighted by Crippen LogP contribution is -2.51. The average Bonchev–Trinajstić information content (AvgIpc) is 2.53. The van der Waals surface area contributed by atoms with Crippen molar-refractivity contribution in [3.63, 3.8) is 0 Å². The van der Waals surface area contributed by atoms with E-state index in [1.165, 1.54) is 6.92 Å². The second kappa shape index (κ2) is 4.82. The lowest BCUT2D eigenvalue weighted by molar-refractivity contribution is -0.236. The van der Waals surface area contributed by atoms with E-state index in [1.807, 2.05) is 0 Å². The zero-order chi connectivity index (χ0) is 15.9. The molecule has 0 aliphatic carbocycles. The Bertz CT molecular complexity index is 416. The van der Waals surface area contributed by atoms with Crippen LogP contribution in [0.5, 0.6) is 0 Å². The van der Waals surface area contributed by atoms with Gasteiger partial charge in [0.15, 0.2) is 5.41 Å². The molecular formula is C12H18F3NO4. The highest BCUT2D eigenvalue weighted by atomic mass is 19.4. The van der Waals surface area contributed by atoms with Crippen LogP contribution in [0.1, 0.15) is 27.7 Å². The van der Waals surface area contributed by atoms with Gasteiger partial charge in [0.2, 0.25) is 0 Å². The van der Waals surface area contributed by atoms with E-state index in [4.69, 9.17) is 9.84 Å². The second-order valence-electron chi connectivity index (χ2n) is 6.04. The summed E-state index contributed by atoms with van der Waals surface area (Å²) in [6, 6.07) is 0. The minimum atomic E-state index is -4.94. The summed E-state index contributed by atoms with van der Waals surface area (Å²) in [5.74, 6) is -3.21. The van der Waals surface area contributed by atoms with E-state index in [-0.39, 0.29) is 6.54 Å². The lowest BCUT2D eigenvalue weighted by Gasteiger charge is -2.30. The van der Waals surface area contributed by atoms with Crippen LogP contribution in [0.15, 0.2) is 0 Å². The first-order chi connectivity index (χ1) is 8.81. The number of nitrogens with zero attached hydrogens (tertiary/aromatic N) is 1. The Balaban J connectivity index is 3.01. The highest BCUT2D eigenvalue weighted by molar-refractivity contribution is 5.79. The number of ether oxygens (including phenoxy) is 1. The molecule has 0 radical (unpaired) electrons. The summed E-state index contributed by atoms with van der Waals surface area (Å²) in [4.78, 5) is 23.7. The first-order valence-corrected chi connectivity index (χ1v) is 6.09. The molecule has 1 aliphatic rings. The van der Waals surface area contributed by atoms with Gasteiger partial charge in [0.05, 0.1) is 0 Å². The molecule has 2 atom stereocenters. The second-order valence-corrected chi connectivity index (χ2v) is 6.04. The predicted molar refractivity (Wildman–Crippen MR) is 63.1 cm³/mol. The van der Waals surface area contributed by atoms with Crippen molar-refractivity contribution in [2.75, 3.05) is 13.1 Å². The number of carbonyl (C=O) groups excluding carboxylic acids is 1. The molecular weight excluding hydrogens is 279 g/mol. The molecule has 0 unspecified atom stereocenters. The van der Waals surface area contributed by atoms with Crippen LogP contribution in [-0.2, 0) is 9.53 Å². The van der Waals surface area contributed by atoms with E-state index in [9.17, 15) is 22.8 Å². The first kappa shape index (κ1) is 16.6. The number of rotatable bonds is 1. The molecule has 1 heterocycles. The van der Waals surface area contributed by atoms with Crippen molar-refractivity contribution >= 4 is 12.1 Å². The molecule has 0 spiro atoms.